The van der Waals surface area contributed by atoms with Gasteiger partial charge < -0.3 is 92.1 Å². The molecule has 0 aromatic carbocycles. The van der Waals surface area contributed by atoms with E-state index in [0.29, 0.717) is 70.3 Å². The van der Waals surface area contributed by atoms with Gasteiger partial charge in [-0.2, -0.15) is 0 Å². The summed E-state index contributed by atoms with van der Waals surface area (Å²) in [4.78, 5) is 139. The number of aliphatic hydroxyl groups is 2. The van der Waals surface area contributed by atoms with Gasteiger partial charge in [-0.1, -0.05) is 0 Å². The van der Waals surface area contributed by atoms with Crippen molar-refractivity contribution in [1.82, 2.24) is 46.8 Å². The lowest BCUT2D eigenvalue weighted by Gasteiger charge is -2.27. The maximum atomic E-state index is 14.3. The van der Waals surface area contributed by atoms with E-state index in [1.165, 1.54) is 17.4 Å². The molecule has 1 saturated heterocycles. The summed E-state index contributed by atoms with van der Waals surface area (Å²) in [7, 11) is 0. The van der Waals surface area contributed by atoms with Crippen LogP contribution >= 0.6 is 0 Å². The second kappa shape index (κ2) is 37.5. The number of aromatic nitrogens is 2. The van der Waals surface area contributed by atoms with Crippen molar-refractivity contribution >= 4 is 64.6 Å². The molecule has 0 aliphatic carbocycles. The molecule has 0 bridgehead atoms. The molecular formula is C47H84N18O11. The maximum Gasteiger partial charge on any atom is 0.269 e. The molecule has 1 aromatic heterocycles. The molecule has 0 spiro atoms. The Morgan fingerprint density at radius 2 is 1.32 bits per heavy atom. The van der Waals surface area contributed by atoms with E-state index in [-0.39, 0.29) is 95.5 Å². The van der Waals surface area contributed by atoms with Gasteiger partial charge in [0.25, 0.3) is 23.6 Å². The van der Waals surface area contributed by atoms with E-state index in [1.807, 2.05) is 0 Å². The van der Waals surface area contributed by atoms with Crippen LogP contribution < -0.4 is 72.0 Å². The number of carbonyl (C=O) groups is 9. The average molecular weight is 1080 g/mol. The highest BCUT2D eigenvalue weighted by Crippen LogP contribution is 2.20. The Kier molecular flexibility index (Phi) is 32.6. The molecule has 1 fully saturated rings. The summed E-state index contributed by atoms with van der Waals surface area (Å²) in [5.74, 6) is -7.26. The summed E-state index contributed by atoms with van der Waals surface area (Å²) in [5, 5.41) is 35.5. The van der Waals surface area contributed by atoms with Crippen molar-refractivity contribution in [3.63, 3.8) is 0 Å². The number of H-pyrrole nitrogens is 1. The average Bonchev–Trinajstić information content (AvgIpc) is 4.13. The number of amides is 9. The van der Waals surface area contributed by atoms with Crippen molar-refractivity contribution in [3.05, 3.63) is 18.2 Å². The lowest BCUT2D eigenvalue weighted by molar-refractivity contribution is -0.136. The molecular weight excluding hydrogens is 993 g/mol. The molecule has 76 heavy (non-hydrogen) atoms. The second-order valence-electron chi connectivity index (χ2n) is 18.2. The number of aromatic amines is 1. The zero-order chi connectivity index (χ0) is 56.4. The largest absolute Gasteiger partial charge is 0.391 e. The fraction of sp³-hybridized carbons (Fsp3) is 0.702. The van der Waals surface area contributed by atoms with Crippen molar-refractivity contribution in [2.24, 2.45) is 50.1 Å². The Bertz CT molecular complexity index is 2060. The van der Waals surface area contributed by atoms with Crippen LogP contribution in [0.15, 0.2) is 22.5 Å². The Labute approximate surface area is 442 Å². The molecule has 0 unspecified atom stereocenters. The molecule has 1 aliphatic rings. The summed E-state index contributed by atoms with van der Waals surface area (Å²) in [6.07, 6.45) is 3.76. The van der Waals surface area contributed by atoms with E-state index in [4.69, 9.17) is 40.1 Å². The minimum atomic E-state index is -1.62. The zero-order valence-electron chi connectivity index (χ0n) is 43.5. The van der Waals surface area contributed by atoms with Crippen LogP contribution in [-0.4, -0.2) is 198 Å². The number of nitrogens with one attached hydrogen (secondary N) is 7. The normalized spacial score (nSPS) is 16.1. The highest BCUT2D eigenvalue weighted by atomic mass is 16.3. The van der Waals surface area contributed by atoms with Gasteiger partial charge in [-0.05, 0) is 123 Å². The van der Waals surface area contributed by atoms with Crippen molar-refractivity contribution in [2.75, 3.05) is 65.4 Å². The van der Waals surface area contributed by atoms with Gasteiger partial charge in [0.05, 0.1) is 31.5 Å². The number of carbonyl (C=O) groups excluding carboxylic acids is 9. The number of nitrogens with zero attached hydrogens (tertiary/aromatic N) is 4. The van der Waals surface area contributed by atoms with Crippen LogP contribution in [0.1, 0.15) is 102 Å². The van der Waals surface area contributed by atoms with E-state index in [1.54, 1.807) is 0 Å². The van der Waals surface area contributed by atoms with Gasteiger partial charge in [-0.3, -0.25) is 43.2 Å². The summed E-state index contributed by atoms with van der Waals surface area (Å²) in [6, 6.07) is -6.44. The van der Waals surface area contributed by atoms with Crippen molar-refractivity contribution in [3.8, 4) is 0 Å². The quantitative estimate of drug-likeness (QED) is 0.0216. The maximum absolute atomic E-state index is 14.3. The third kappa shape index (κ3) is 24.2. The Hall–Kier alpha value is -6.18. The number of imidazole rings is 1. The van der Waals surface area contributed by atoms with Gasteiger partial charge in [0.1, 0.15) is 41.6 Å². The van der Waals surface area contributed by atoms with Gasteiger partial charge in [-0.25, -0.2) is 15.0 Å². The molecule has 7 atom stereocenters. The molecule has 29 heteroatoms. The van der Waals surface area contributed by atoms with Crippen LogP contribution in [0.5, 0.6) is 0 Å². The third-order valence-corrected chi connectivity index (χ3v) is 12.1. The number of unbranched alkanes of at least 4 members (excludes halogenated alkanes) is 3. The van der Waals surface area contributed by atoms with Gasteiger partial charge in [0.15, 0.2) is 0 Å². The summed E-state index contributed by atoms with van der Waals surface area (Å²) in [5.41, 5.74) is 39.4. The first-order chi connectivity index (χ1) is 36.5. The highest BCUT2D eigenvalue weighted by molar-refractivity contribution is 6.41. The predicted octanol–water partition coefficient (Wildman–Crippen LogP) is -6.45. The van der Waals surface area contributed by atoms with Gasteiger partial charge in [0, 0.05) is 44.5 Å². The molecule has 0 saturated carbocycles. The van der Waals surface area contributed by atoms with Crippen LogP contribution in [0.25, 0.3) is 0 Å². The van der Waals surface area contributed by atoms with E-state index < -0.39 is 115 Å². The second-order valence-corrected chi connectivity index (χ2v) is 18.2. The minimum absolute atomic E-state index is 0.0332. The van der Waals surface area contributed by atoms with Gasteiger partial charge in [-0.15, -0.1) is 0 Å². The zero-order valence-corrected chi connectivity index (χ0v) is 43.5. The molecule has 2 heterocycles. The molecule has 2 rings (SSSR count). The summed E-state index contributed by atoms with van der Waals surface area (Å²) in [6.45, 7) is 0.256. The van der Waals surface area contributed by atoms with E-state index in [0.717, 1.165) is 0 Å². The Morgan fingerprint density at radius 3 is 1.92 bits per heavy atom. The number of nitrogens with two attached hydrogens (primary N) is 7. The lowest BCUT2D eigenvalue weighted by atomic mass is 10.1. The number of rotatable bonds is 38. The third-order valence-electron chi connectivity index (χ3n) is 12.1. The lowest BCUT2D eigenvalue weighted by Crippen LogP contribution is -2.56. The van der Waals surface area contributed by atoms with Crippen molar-refractivity contribution in [2.45, 2.75) is 145 Å². The number of likely N-dealkylation sites (tertiary alicyclic amines) is 1. The molecule has 428 valence electrons. The van der Waals surface area contributed by atoms with Crippen LogP contribution in [0.3, 0.4) is 0 Å². The van der Waals surface area contributed by atoms with Crippen molar-refractivity contribution < 1.29 is 53.4 Å². The minimum Gasteiger partial charge on any atom is -0.391 e. The molecule has 23 N–H and O–H groups in total. The van der Waals surface area contributed by atoms with E-state index in [9.17, 15) is 53.4 Å². The number of hydrogen-bond acceptors (Lipinski definition) is 19. The highest BCUT2D eigenvalue weighted by Gasteiger charge is 2.38. The molecule has 1 aliphatic heterocycles. The fourth-order valence-electron chi connectivity index (χ4n) is 7.82. The Balaban J connectivity index is 2.40. The number of aliphatic hydroxyl groups excluding tert-OH is 2. The van der Waals surface area contributed by atoms with Gasteiger partial charge in [0.2, 0.25) is 29.5 Å². The van der Waals surface area contributed by atoms with E-state index in [2.05, 4.69) is 51.9 Å². The number of aliphatic imine (C=N–C) groups is 2. The summed E-state index contributed by atoms with van der Waals surface area (Å²) < 4.78 is 0. The molecule has 1 aromatic rings. The van der Waals surface area contributed by atoms with E-state index >= 15 is 0 Å². The Morgan fingerprint density at radius 1 is 0.684 bits per heavy atom. The van der Waals surface area contributed by atoms with Crippen LogP contribution in [0.4, 0.5) is 0 Å². The predicted molar refractivity (Wildman–Crippen MR) is 281 cm³/mol. The standard InChI is InChI=1S/C47H84N18O11/c48-15-3-1-10-31(41(70)56-20-6-5-17-50)60-43(72)33(12-7-18-51)61-42(71)32(11-2-4-16-49)62-44(73)35(22-29-26-55-28-58-29)63-45(74)36-14-9-21-65(36)47(76)34(13-8-19-52)59-39(69)27-57-46(75)40(37(67)25-54)64-38(68)23-30(66)24-53/h26,28,30-32,35-37,40,66-67H,1-25,27,48-54H2,(H,55,58)(H,56,70)(H,57,75)(H,60,72)(H,62,73)(H,63,74)(H,64,68)/t30-,31+,32+,35+,36+,37+,40+/m1/s1. The smallest absolute Gasteiger partial charge is 0.269 e. The molecule has 29 nitrogen and oxygen atoms in total. The number of hydrogen-bond donors (Lipinski definition) is 16. The first-order valence-corrected chi connectivity index (χ1v) is 26.0. The first-order valence-electron chi connectivity index (χ1n) is 26.0. The molecule has 0 radical (unpaired) electrons. The van der Waals surface area contributed by atoms with Crippen LogP contribution in [-0.2, 0) is 49.6 Å². The fourth-order valence-corrected chi connectivity index (χ4v) is 7.82. The summed E-state index contributed by atoms with van der Waals surface area (Å²) >= 11 is 0. The first kappa shape index (κ1) is 65.9. The van der Waals surface area contributed by atoms with Crippen molar-refractivity contribution in [1.29, 1.82) is 0 Å². The van der Waals surface area contributed by atoms with Crippen LogP contribution in [0, 0.1) is 0 Å². The van der Waals surface area contributed by atoms with Gasteiger partial charge >= 0.3 is 0 Å². The molecule has 9 amide bonds. The SMILES string of the molecule is NCCCCNC(=O)[C@H](CCCCN)NC(=O)C(CCCN)=NC(=O)[C@H](CCCCN)NC(=O)[C@H](Cc1cnc[nH]1)NC(=O)[C@@H]1CCCN1C(=O)C(CCCN)=NC(=O)CNC(=O)[C@@H](NC(=O)C[C@@H](O)CN)[C@@H](O)CN. The monoisotopic (exact) mass is 1080 g/mol. The topological polar surface area (TPSA) is 505 Å². The van der Waals surface area contributed by atoms with Crippen LogP contribution in [0.2, 0.25) is 0 Å².